The van der Waals surface area contributed by atoms with Gasteiger partial charge in [-0.05, 0) is 63.4 Å². The lowest BCUT2D eigenvalue weighted by Crippen LogP contribution is -2.40. The molecule has 0 atom stereocenters. The van der Waals surface area contributed by atoms with Crippen LogP contribution in [0.3, 0.4) is 0 Å². The van der Waals surface area contributed by atoms with Gasteiger partial charge in [0, 0.05) is 18.0 Å². The molecule has 0 spiro atoms. The van der Waals surface area contributed by atoms with Crippen molar-refractivity contribution in [1.82, 2.24) is 20.4 Å². The Bertz CT molecular complexity index is 996. The molecule has 0 bridgehead atoms. The summed E-state index contributed by atoms with van der Waals surface area (Å²) in [6, 6.07) is 18.0. The zero-order valence-electron chi connectivity index (χ0n) is 19.2. The van der Waals surface area contributed by atoms with Gasteiger partial charge in [-0.3, -0.25) is 9.69 Å². The normalized spacial score (nSPS) is 14.8. The Labute approximate surface area is 195 Å². The number of piperidine rings is 1. The second kappa shape index (κ2) is 11.6. The number of benzene rings is 2. The summed E-state index contributed by atoms with van der Waals surface area (Å²) in [5, 5.41) is 7.21. The first-order valence-corrected chi connectivity index (χ1v) is 11.8. The van der Waals surface area contributed by atoms with E-state index in [1.165, 1.54) is 5.56 Å². The third-order valence-electron chi connectivity index (χ3n) is 5.99. The lowest BCUT2D eigenvalue weighted by Gasteiger charge is -2.30. The summed E-state index contributed by atoms with van der Waals surface area (Å²) in [7, 11) is 0. The van der Waals surface area contributed by atoms with Crippen molar-refractivity contribution < 1.29 is 14.1 Å². The van der Waals surface area contributed by atoms with Crippen LogP contribution in [0.1, 0.15) is 37.6 Å². The van der Waals surface area contributed by atoms with Gasteiger partial charge < -0.3 is 14.6 Å². The van der Waals surface area contributed by atoms with Crippen LogP contribution in [0.5, 0.6) is 5.75 Å². The fourth-order valence-corrected chi connectivity index (χ4v) is 4.14. The molecule has 4 rings (SSSR count). The highest BCUT2D eigenvalue weighted by molar-refractivity contribution is 5.78. The van der Waals surface area contributed by atoms with Crippen LogP contribution in [0.2, 0.25) is 0 Å². The summed E-state index contributed by atoms with van der Waals surface area (Å²) in [4.78, 5) is 19.4. The fraction of sp³-hybridized carbons (Fsp3) is 0.423. The van der Waals surface area contributed by atoms with Gasteiger partial charge in [-0.25, -0.2) is 0 Å². The number of likely N-dealkylation sites (tertiary alicyclic amines) is 1. The van der Waals surface area contributed by atoms with Crippen LogP contribution in [0.25, 0.3) is 11.4 Å². The average molecular weight is 449 g/mol. The minimum atomic E-state index is 0.0780. The van der Waals surface area contributed by atoms with Crippen molar-refractivity contribution >= 4 is 5.91 Å². The molecule has 174 valence electrons. The quantitative estimate of drug-likeness (QED) is 0.471. The van der Waals surface area contributed by atoms with Gasteiger partial charge in [0.25, 0.3) is 0 Å². The molecular weight excluding hydrogens is 416 g/mol. The van der Waals surface area contributed by atoms with E-state index < -0.39 is 0 Å². The van der Waals surface area contributed by atoms with Gasteiger partial charge >= 0.3 is 0 Å². The molecule has 7 nitrogen and oxygen atoms in total. The van der Waals surface area contributed by atoms with E-state index in [1.54, 1.807) is 0 Å². The second-order valence-electron chi connectivity index (χ2n) is 8.40. The Kier molecular flexibility index (Phi) is 8.09. The highest BCUT2D eigenvalue weighted by Crippen LogP contribution is 2.20. The van der Waals surface area contributed by atoms with Crippen molar-refractivity contribution in [1.29, 1.82) is 0 Å². The van der Waals surface area contributed by atoms with E-state index in [1.807, 2.05) is 49.4 Å². The van der Waals surface area contributed by atoms with Crippen LogP contribution in [-0.4, -0.2) is 47.2 Å². The number of hydrogen-bond acceptors (Lipinski definition) is 6. The van der Waals surface area contributed by atoms with Gasteiger partial charge in [0.15, 0.2) is 0 Å². The number of nitrogens with one attached hydrogen (secondary N) is 1. The van der Waals surface area contributed by atoms with E-state index in [9.17, 15) is 4.79 Å². The number of aryl methyl sites for hydroxylation is 1. The Morgan fingerprint density at radius 2 is 1.88 bits per heavy atom. The molecule has 1 fully saturated rings. The number of carbonyl (C=O) groups excluding carboxylic acids is 1. The van der Waals surface area contributed by atoms with Gasteiger partial charge in [-0.15, -0.1) is 0 Å². The van der Waals surface area contributed by atoms with Crippen molar-refractivity contribution in [2.45, 2.75) is 39.2 Å². The Morgan fingerprint density at radius 3 is 2.61 bits per heavy atom. The maximum atomic E-state index is 12.6. The van der Waals surface area contributed by atoms with Crippen molar-refractivity contribution in [2.24, 2.45) is 5.92 Å². The molecular formula is C26H32N4O3. The molecule has 1 aliphatic rings. The summed E-state index contributed by atoms with van der Waals surface area (Å²) in [6.07, 6.45) is 3.58. The molecule has 0 radical (unpaired) electrons. The van der Waals surface area contributed by atoms with Gasteiger partial charge in [0.2, 0.25) is 17.6 Å². The molecule has 1 aliphatic heterocycles. The smallest absolute Gasteiger partial charge is 0.241 e. The van der Waals surface area contributed by atoms with Crippen molar-refractivity contribution in [3.05, 3.63) is 66.1 Å². The standard InChI is InChI=1S/C26H32N4O3/c1-2-32-23-12-10-20(11-13-23)7-6-16-27-26(31)22-14-17-30(18-15-22)19-24-28-25(29-33-24)21-8-4-3-5-9-21/h3-5,8-13,22H,2,6-7,14-19H2,1H3,(H,27,31). The molecule has 0 aliphatic carbocycles. The lowest BCUT2D eigenvalue weighted by atomic mass is 9.96. The molecule has 7 heteroatoms. The Hall–Kier alpha value is -3.19. The number of ether oxygens (including phenoxy) is 1. The van der Waals surface area contributed by atoms with Gasteiger partial charge in [0.1, 0.15) is 5.75 Å². The molecule has 1 aromatic heterocycles. The molecule has 1 amide bonds. The molecule has 33 heavy (non-hydrogen) atoms. The monoisotopic (exact) mass is 448 g/mol. The van der Waals surface area contributed by atoms with Crippen LogP contribution in [-0.2, 0) is 17.8 Å². The van der Waals surface area contributed by atoms with Gasteiger partial charge in [-0.2, -0.15) is 4.98 Å². The van der Waals surface area contributed by atoms with E-state index in [4.69, 9.17) is 9.26 Å². The predicted octanol–water partition coefficient (Wildman–Crippen LogP) is 4.10. The Morgan fingerprint density at radius 1 is 1.12 bits per heavy atom. The van der Waals surface area contributed by atoms with Crippen LogP contribution in [0.4, 0.5) is 0 Å². The van der Waals surface area contributed by atoms with E-state index in [0.717, 1.165) is 50.1 Å². The molecule has 0 unspecified atom stereocenters. The summed E-state index contributed by atoms with van der Waals surface area (Å²) >= 11 is 0. The molecule has 1 saturated heterocycles. The van der Waals surface area contributed by atoms with Gasteiger partial charge in [0.05, 0.1) is 13.2 Å². The minimum Gasteiger partial charge on any atom is -0.494 e. The predicted molar refractivity (Wildman–Crippen MR) is 127 cm³/mol. The first-order chi connectivity index (χ1) is 16.2. The summed E-state index contributed by atoms with van der Waals surface area (Å²) < 4.78 is 10.9. The number of hydrogen-bond donors (Lipinski definition) is 1. The third kappa shape index (κ3) is 6.65. The SMILES string of the molecule is CCOc1ccc(CCCNC(=O)C2CCN(Cc3nc(-c4ccccc4)no3)CC2)cc1. The molecule has 3 aromatic rings. The van der Waals surface area contributed by atoms with E-state index in [-0.39, 0.29) is 11.8 Å². The summed E-state index contributed by atoms with van der Waals surface area (Å²) in [6.45, 7) is 5.69. The number of carbonyl (C=O) groups is 1. The Balaban J connectivity index is 1.14. The lowest BCUT2D eigenvalue weighted by molar-refractivity contribution is -0.126. The largest absolute Gasteiger partial charge is 0.494 e. The maximum Gasteiger partial charge on any atom is 0.241 e. The van der Waals surface area contributed by atoms with Crippen LogP contribution >= 0.6 is 0 Å². The van der Waals surface area contributed by atoms with E-state index in [0.29, 0.717) is 31.4 Å². The number of nitrogens with zero attached hydrogens (tertiary/aromatic N) is 3. The zero-order valence-corrected chi connectivity index (χ0v) is 19.2. The first kappa shape index (κ1) is 23.0. The van der Waals surface area contributed by atoms with Crippen LogP contribution in [0, 0.1) is 5.92 Å². The third-order valence-corrected chi connectivity index (χ3v) is 5.99. The molecule has 2 heterocycles. The number of amides is 1. The topological polar surface area (TPSA) is 80.5 Å². The van der Waals surface area contributed by atoms with Crippen LogP contribution < -0.4 is 10.1 Å². The first-order valence-electron chi connectivity index (χ1n) is 11.8. The average Bonchev–Trinajstić information content (AvgIpc) is 3.32. The zero-order chi connectivity index (χ0) is 22.9. The van der Waals surface area contributed by atoms with E-state index >= 15 is 0 Å². The molecule has 2 aromatic carbocycles. The summed E-state index contributed by atoms with van der Waals surface area (Å²) in [5.74, 6) is 2.38. The molecule has 0 saturated carbocycles. The number of rotatable bonds is 10. The van der Waals surface area contributed by atoms with Gasteiger partial charge in [-0.1, -0.05) is 47.6 Å². The minimum absolute atomic E-state index is 0.0780. The summed E-state index contributed by atoms with van der Waals surface area (Å²) in [5.41, 5.74) is 2.21. The van der Waals surface area contributed by atoms with Crippen LogP contribution in [0.15, 0.2) is 59.1 Å². The fourth-order valence-electron chi connectivity index (χ4n) is 4.14. The molecule has 1 N–H and O–H groups in total. The van der Waals surface area contributed by atoms with Crippen molar-refractivity contribution in [3.63, 3.8) is 0 Å². The highest BCUT2D eigenvalue weighted by Gasteiger charge is 2.25. The highest BCUT2D eigenvalue weighted by atomic mass is 16.5. The van der Waals surface area contributed by atoms with Crippen molar-refractivity contribution in [3.8, 4) is 17.1 Å². The maximum absolute atomic E-state index is 12.6. The van der Waals surface area contributed by atoms with E-state index in [2.05, 4.69) is 32.5 Å². The number of aromatic nitrogens is 2. The second-order valence-corrected chi connectivity index (χ2v) is 8.40. The van der Waals surface area contributed by atoms with Crippen molar-refractivity contribution in [2.75, 3.05) is 26.2 Å².